The van der Waals surface area contributed by atoms with Crippen molar-refractivity contribution >= 4 is 5.69 Å². The van der Waals surface area contributed by atoms with E-state index in [2.05, 4.69) is 55.3 Å². The predicted octanol–water partition coefficient (Wildman–Crippen LogP) is 3.21. The Hall–Kier alpha value is -1.80. The summed E-state index contributed by atoms with van der Waals surface area (Å²) in [4.78, 5) is 2.31. The number of hydrogen-bond donors (Lipinski definition) is 1. The molecule has 0 atom stereocenters. The number of rotatable bonds is 4. The Kier molecular flexibility index (Phi) is 4.00. The third-order valence-electron chi connectivity index (χ3n) is 2.97. The second kappa shape index (κ2) is 5.69. The zero-order valence-electron chi connectivity index (χ0n) is 11.1. The van der Waals surface area contributed by atoms with Crippen LogP contribution in [0.3, 0.4) is 0 Å². The minimum atomic E-state index is 0.820. The highest BCUT2D eigenvalue weighted by molar-refractivity contribution is 5.39. The normalized spacial score (nSPS) is 10.8. The molecule has 18 heavy (non-hydrogen) atoms. The van der Waals surface area contributed by atoms with Crippen molar-refractivity contribution in [1.29, 1.82) is 0 Å². The van der Waals surface area contributed by atoms with Crippen molar-refractivity contribution in [3.05, 3.63) is 65.2 Å². The third kappa shape index (κ3) is 3.60. The van der Waals surface area contributed by atoms with E-state index in [0.717, 1.165) is 18.8 Å². The molecular weight excluding hydrogens is 220 g/mol. The first-order valence-corrected chi connectivity index (χ1v) is 6.22. The van der Waals surface area contributed by atoms with Gasteiger partial charge >= 0.3 is 0 Å². The molecule has 0 aliphatic carbocycles. The molecule has 2 N–H and O–H groups in total. The minimum Gasteiger partial charge on any atom is -0.399 e. The van der Waals surface area contributed by atoms with Crippen LogP contribution in [0.25, 0.3) is 0 Å². The Morgan fingerprint density at radius 2 is 1.61 bits per heavy atom. The van der Waals surface area contributed by atoms with Crippen LogP contribution >= 0.6 is 0 Å². The molecule has 2 aromatic rings. The average Bonchev–Trinajstić information content (AvgIpc) is 2.32. The van der Waals surface area contributed by atoms with Crippen LogP contribution in [0.1, 0.15) is 16.7 Å². The first-order valence-electron chi connectivity index (χ1n) is 6.22. The molecule has 0 unspecified atom stereocenters. The molecular formula is C16H20N2. The number of nitrogens with zero attached hydrogens (tertiary/aromatic N) is 1. The fourth-order valence-electron chi connectivity index (χ4n) is 2.11. The highest BCUT2D eigenvalue weighted by Crippen LogP contribution is 2.11. The number of nitrogens with two attached hydrogens (primary N) is 1. The Morgan fingerprint density at radius 3 is 2.28 bits per heavy atom. The van der Waals surface area contributed by atoms with Gasteiger partial charge in [-0.25, -0.2) is 0 Å². The first-order chi connectivity index (χ1) is 8.63. The van der Waals surface area contributed by atoms with Crippen LogP contribution in [0.15, 0.2) is 48.5 Å². The van der Waals surface area contributed by atoms with E-state index in [0.29, 0.717) is 0 Å². The van der Waals surface area contributed by atoms with E-state index in [9.17, 15) is 0 Å². The summed E-state index contributed by atoms with van der Waals surface area (Å²) in [5.41, 5.74) is 10.5. The summed E-state index contributed by atoms with van der Waals surface area (Å²) in [5, 5.41) is 0. The van der Waals surface area contributed by atoms with E-state index in [-0.39, 0.29) is 0 Å². The van der Waals surface area contributed by atoms with Crippen molar-refractivity contribution in [2.75, 3.05) is 12.8 Å². The number of hydrogen-bond acceptors (Lipinski definition) is 2. The predicted molar refractivity (Wildman–Crippen MR) is 77.2 cm³/mol. The summed E-state index contributed by atoms with van der Waals surface area (Å²) in [7, 11) is 2.14. The molecule has 0 aliphatic heterocycles. The van der Waals surface area contributed by atoms with E-state index in [1.54, 1.807) is 0 Å². The maximum absolute atomic E-state index is 5.68. The fraction of sp³-hybridized carbons (Fsp3) is 0.250. The molecule has 2 rings (SSSR count). The van der Waals surface area contributed by atoms with Gasteiger partial charge in [-0.3, -0.25) is 4.90 Å². The van der Waals surface area contributed by atoms with Gasteiger partial charge in [0.05, 0.1) is 0 Å². The molecule has 0 spiro atoms. The van der Waals surface area contributed by atoms with Gasteiger partial charge in [-0.2, -0.15) is 0 Å². The van der Waals surface area contributed by atoms with Gasteiger partial charge in [0.25, 0.3) is 0 Å². The first kappa shape index (κ1) is 12.7. The molecule has 0 saturated heterocycles. The molecule has 0 heterocycles. The Balaban J connectivity index is 1.96. The Bertz CT molecular complexity index is 503. The number of aryl methyl sites for hydroxylation is 1. The fourth-order valence-corrected chi connectivity index (χ4v) is 2.11. The van der Waals surface area contributed by atoms with E-state index in [4.69, 9.17) is 5.73 Å². The molecule has 0 saturated carbocycles. The number of nitrogen functional groups attached to an aromatic ring is 1. The minimum absolute atomic E-state index is 0.820. The lowest BCUT2D eigenvalue weighted by atomic mass is 10.1. The van der Waals surface area contributed by atoms with E-state index in [1.165, 1.54) is 16.7 Å². The standard InChI is InChI=1S/C16H20N2/c1-13-4-3-5-15(10-13)12-18(2)11-14-6-8-16(17)9-7-14/h3-10H,11-12,17H2,1-2H3. The van der Waals surface area contributed by atoms with Crippen LogP contribution in [-0.4, -0.2) is 11.9 Å². The van der Waals surface area contributed by atoms with Crippen LogP contribution < -0.4 is 5.73 Å². The van der Waals surface area contributed by atoms with Gasteiger partial charge in [-0.1, -0.05) is 42.0 Å². The molecule has 0 aromatic heterocycles. The highest BCUT2D eigenvalue weighted by Gasteiger charge is 2.02. The topological polar surface area (TPSA) is 29.3 Å². The molecule has 2 nitrogen and oxygen atoms in total. The van der Waals surface area contributed by atoms with E-state index in [1.807, 2.05) is 12.1 Å². The van der Waals surface area contributed by atoms with Gasteiger partial charge < -0.3 is 5.73 Å². The summed E-state index contributed by atoms with van der Waals surface area (Å²) in [6.07, 6.45) is 0. The van der Waals surface area contributed by atoms with Crippen molar-refractivity contribution < 1.29 is 0 Å². The van der Waals surface area contributed by atoms with Gasteiger partial charge in [0.1, 0.15) is 0 Å². The van der Waals surface area contributed by atoms with Crippen LogP contribution in [-0.2, 0) is 13.1 Å². The van der Waals surface area contributed by atoms with Crippen LogP contribution in [0.4, 0.5) is 5.69 Å². The SMILES string of the molecule is Cc1cccc(CN(C)Cc2ccc(N)cc2)c1. The smallest absolute Gasteiger partial charge is 0.0314 e. The maximum atomic E-state index is 5.68. The largest absolute Gasteiger partial charge is 0.399 e. The summed E-state index contributed by atoms with van der Waals surface area (Å²) in [6, 6.07) is 16.7. The molecule has 0 bridgehead atoms. The zero-order valence-corrected chi connectivity index (χ0v) is 11.1. The molecule has 94 valence electrons. The van der Waals surface area contributed by atoms with Crippen molar-refractivity contribution in [1.82, 2.24) is 4.90 Å². The number of benzene rings is 2. The van der Waals surface area contributed by atoms with Crippen molar-refractivity contribution in [3.63, 3.8) is 0 Å². The third-order valence-corrected chi connectivity index (χ3v) is 2.97. The van der Waals surface area contributed by atoms with Gasteiger partial charge in [-0.05, 0) is 37.2 Å². The Morgan fingerprint density at radius 1 is 0.944 bits per heavy atom. The second-order valence-corrected chi connectivity index (χ2v) is 4.90. The summed E-state index contributed by atoms with van der Waals surface area (Å²) in [6.45, 7) is 4.03. The van der Waals surface area contributed by atoms with Gasteiger partial charge in [0.15, 0.2) is 0 Å². The van der Waals surface area contributed by atoms with Crippen molar-refractivity contribution in [2.24, 2.45) is 0 Å². The van der Waals surface area contributed by atoms with Gasteiger partial charge in [-0.15, -0.1) is 0 Å². The maximum Gasteiger partial charge on any atom is 0.0314 e. The molecule has 2 aromatic carbocycles. The zero-order chi connectivity index (χ0) is 13.0. The lowest BCUT2D eigenvalue weighted by Gasteiger charge is -2.17. The van der Waals surface area contributed by atoms with Crippen LogP contribution in [0.5, 0.6) is 0 Å². The van der Waals surface area contributed by atoms with Gasteiger partial charge in [0.2, 0.25) is 0 Å². The van der Waals surface area contributed by atoms with Crippen LogP contribution in [0.2, 0.25) is 0 Å². The summed E-state index contributed by atoms with van der Waals surface area (Å²) >= 11 is 0. The second-order valence-electron chi connectivity index (χ2n) is 4.90. The average molecular weight is 240 g/mol. The monoisotopic (exact) mass is 240 g/mol. The Labute approximate surface area is 109 Å². The molecule has 0 amide bonds. The van der Waals surface area contributed by atoms with Crippen molar-refractivity contribution in [2.45, 2.75) is 20.0 Å². The number of anilines is 1. The lowest BCUT2D eigenvalue weighted by molar-refractivity contribution is 0.319. The van der Waals surface area contributed by atoms with E-state index < -0.39 is 0 Å². The molecule has 0 radical (unpaired) electrons. The highest BCUT2D eigenvalue weighted by atomic mass is 15.1. The lowest BCUT2D eigenvalue weighted by Crippen LogP contribution is -2.17. The van der Waals surface area contributed by atoms with Crippen molar-refractivity contribution in [3.8, 4) is 0 Å². The quantitative estimate of drug-likeness (QED) is 0.831. The molecule has 2 heteroatoms. The van der Waals surface area contributed by atoms with Gasteiger partial charge in [0, 0.05) is 18.8 Å². The van der Waals surface area contributed by atoms with Crippen LogP contribution in [0, 0.1) is 6.92 Å². The molecule has 0 aliphatic rings. The summed E-state index contributed by atoms with van der Waals surface area (Å²) < 4.78 is 0. The van der Waals surface area contributed by atoms with E-state index >= 15 is 0 Å². The molecule has 0 fully saturated rings. The summed E-state index contributed by atoms with van der Waals surface area (Å²) in [5.74, 6) is 0.